The van der Waals surface area contributed by atoms with Crippen LogP contribution in [0.25, 0.3) is 0 Å². The maximum Gasteiger partial charge on any atom is 0.317 e. The summed E-state index contributed by atoms with van der Waals surface area (Å²) < 4.78 is 0. The van der Waals surface area contributed by atoms with Crippen molar-refractivity contribution in [3.63, 3.8) is 0 Å². The zero-order chi connectivity index (χ0) is 16.8. The van der Waals surface area contributed by atoms with E-state index in [-0.39, 0.29) is 12.6 Å². The molecule has 23 heavy (non-hydrogen) atoms. The maximum atomic E-state index is 12.0. The van der Waals surface area contributed by atoms with Crippen molar-refractivity contribution in [2.24, 2.45) is 5.92 Å². The second-order valence-corrected chi connectivity index (χ2v) is 6.46. The van der Waals surface area contributed by atoms with E-state index in [0.717, 1.165) is 24.5 Å². The van der Waals surface area contributed by atoms with Crippen LogP contribution < -0.4 is 10.2 Å². The van der Waals surface area contributed by atoms with Crippen molar-refractivity contribution in [2.75, 3.05) is 44.2 Å². The minimum atomic E-state index is -0.0982. The van der Waals surface area contributed by atoms with E-state index in [0.29, 0.717) is 25.6 Å². The van der Waals surface area contributed by atoms with Gasteiger partial charge in [-0.15, -0.1) is 0 Å². The fourth-order valence-electron chi connectivity index (χ4n) is 3.01. The zero-order valence-electron chi connectivity index (χ0n) is 13.9. The van der Waals surface area contributed by atoms with Crippen molar-refractivity contribution in [3.05, 3.63) is 28.8 Å². The standard InChI is InChI=1S/C17H26ClN3O2/c1-3-20(8-9-22)17(23)19-11-14-6-7-21(12-14)16-10-15(18)5-4-13(16)2/h4-5,10,14,22H,3,6-9,11-12H2,1-2H3,(H,19,23). The summed E-state index contributed by atoms with van der Waals surface area (Å²) in [5.74, 6) is 0.435. The van der Waals surface area contributed by atoms with Gasteiger partial charge in [0.2, 0.25) is 0 Å². The lowest BCUT2D eigenvalue weighted by Crippen LogP contribution is -2.43. The quantitative estimate of drug-likeness (QED) is 0.837. The number of halogens is 1. The van der Waals surface area contributed by atoms with Crippen LogP contribution in [0.2, 0.25) is 5.02 Å². The van der Waals surface area contributed by atoms with Crippen molar-refractivity contribution >= 4 is 23.3 Å². The molecule has 128 valence electrons. The molecule has 1 aliphatic rings. The van der Waals surface area contributed by atoms with Gasteiger partial charge in [-0.1, -0.05) is 17.7 Å². The Kier molecular flexibility index (Phi) is 6.54. The number of amides is 2. The Balaban J connectivity index is 1.86. The van der Waals surface area contributed by atoms with Crippen molar-refractivity contribution in [2.45, 2.75) is 20.3 Å². The lowest BCUT2D eigenvalue weighted by atomic mass is 10.1. The number of nitrogens with one attached hydrogen (secondary N) is 1. The van der Waals surface area contributed by atoms with Crippen LogP contribution in [0.4, 0.5) is 10.5 Å². The van der Waals surface area contributed by atoms with Crippen LogP contribution in [0, 0.1) is 12.8 Å². The lowest BCUT2D eigenvalue weighted by molar-refractivity contribution is 0.179. The van der Waals surface area contributed by atoms with Crippen LogP contribution in [0.5, 0.6) is 0 Å². The van der Waals surface area contributed by atoms with Crippen LogP contribution in [-0.4, -0.2) is 55.4 Å². The summed E-state index contributed by atoms with van der Waals surface area (Å²) in [7, 11) is 0. The van der Waals surface area contributed by atoms with Gasteiger partial charge in [-0.2, -0.15) is 0 Å². The summed E-state index contributed by atoms with van der Waals surface area (Å²) in [5, 5.41) is 12.7. The third-order valence-corrected chi connectivity index (χ3v) is 4.61. The Morgan fingerprint density at radius 2 is 2.30 bits per heavy atom. The van der Waals surface area contributed by atoms with Gasteiger partial charge >= 0.3 is 6.03 Å². The van der Waals surface area contributed by atoms with Gasteiger partial charge in [0, 0.05) is 43.4 Å². The van der Waals surface area contributed by atoms with E-state index in [1.165, 1.54) is 11.3 Å². The van der Waals surface area contributed by atoms with Crippen LogP contribution in [0.1, 0.15) is 18.9 Å². The average molecular weight is 340 g/mol. The normalized spacial score (nSPS) is 17.4. The molecule has 1 aliphatic heterocycles. The molecule has 5 nitrogen and oxygen atoms in total. The molecule has 2 amide bonds. The summed E-state index contributed by atoms with van der Waals surface area (Å²) in [4.78, 5) is 16.0. The van der Waals surface area contributed by atoms with E-state index in [4.69, 9.17) is 16.7 Å². The number of hydrogen-bond donors (Lipinski definition) is 2. The fraction of sp³-hybridized carbons (Fsp3) is 0.588. The molecule has 1 saturated heterocycles. The van der Waals surface area contributed by atoms with E-state index in [2.05, 4.69) is 17.1 Å². The van der Waals surface area contributed by atoms with Crippen LogP contribution >= 0.6 is 11.6 Å². The molecule has 0 saturated carbocycles. The maximum absolute atomic E-state index is 12.0. The molecule has 0 spiro atoms. The fourth-order valence-corrected chi connectivity index (χ4v) is 3.18. The molecule has 0 radical (unpaired) electrons. The largest absolute Gasteiger partial charge is 0.395 e. The zero-order valence-corrected chi connectivity index (χ0v) is 14.6. The Morgan fingerprint density at radius 1 is 1.52 bits per heavy atom. The summed E-state index contributed by atoms with van der Waals surface area (Å²) in [6, 6.07) is 5.87. The van der Waals surface area contributed by atoms with Gasteiger partial charge < -0.3 is 20.2 Å². The third-order valence-electron chi connectivity index (χ3n) is 4.38. The van der Waals surface area contributed by atoms with Gasteiger partial charge in [0.15, 0.2) is 0 Å². The predicted molar refractivity (Wildman–Crippen MR) is 94.2 cm³/mol. The minimum absolute atomic E-state index is 0.00743. The predicted octanol–water partition coefficient (Wildman–Crippen LogP) is 2.50. The van der Waals surface area contributed by atoms with E-state index in [9.17, 15) is 4.79 Å². The van der Waals surface area contributed by atoms with Gasteiger partial charge in [0.25, 0.3) is 0 Å². The Labute approximate surface area is 143 Å². The number of hydrogen-bond acceptors (Lipinski definition) is 3. The second kappa shape index (κ2) is 8.41. The number of nitrogens with zero attached hydrogens (tertiary/aromatic N) is 2. The van der Waals surface area contributed by atoms with Crippen LogP contribution in [0.3, 0.4) is 0 Å². The lowest BCUT2D eigenvalue weighted by Gasteiger charge is -2.23. The summed E-state index contributed by atoms with van der Waals surface area (Å²) in [6.45, 7) is 7.54. The van der Waals surface area contributed by atoms with Gasteiger partial charge in [-0.25, -0.2) is 4.79 Å². The first kappa shape index (κ1) is 17.9. The summed E-state index contributed by atoms with van der Waals surface area (Å²) >= 11 is 6.11. The molecule has 1 atom stereocenters. The molecule has 2 rings (SSSR count). The summed E-state index contributed by atoms with van der Waals surface area (Å²) in [6.07, 6.45) is 1.05. The Hall–Kier alpha value is -1.46. The van der Waals surface area contributed by atoms with E-state index < -0.39 is 0 Å². The van der Waals surface area contributed by atoms with Gasteiger partial charge in [0.1, 0.15) is 0 Å². The number of aliphatic hydroxyl groups is 1. The van der Waals surface area contributed by atoms with Crippen molar-refractivity contribution < 1.29 is 9.90 Å². The number of anilines is 1. The van der Waals surface area contributed by atoms with Crippen molar-refractivity contribution in [1.29, 1.82) is 0 Å². The molecule has 2 N–H and O–H groups in total. The topological polar surface area (TPSA) is 55.8 Å². The highest BCUT2D eigenvalue weighted by molar-refractivity contribution is 6.30. The number of benzene rings is 1. The molecular weight excluding hydrogens is 314 g/mol. The molecule has 1 heterocycles. The first-order chi connectivity index (χ1) is 11.0. The molecule has 1 aromatic rings. The summed E-state index contributed by atoms with van der Waals surface area (Å²) in [5.41, 5.74) is 2.40. The Morgan fingerprint density at radius 3 is 3.00 bits per heavy atom. The highest BCUT2D eigenvalue weighted by Gasteiger charge is 2.24. The average Bonchev–Trinajstić information content (AvgIpc) is 3.01. The first-order valence-corrected chi connectivity index (χ1v) is 8.57. The molecule has 0 bridgehead atoms. The molecule has 6 heteroatoms. The van der Waals surface area contributed by atoms with E-state index >= 15 is 0 Å². The Bertz CT molecular complexity index is 539. The molecule has 0 aromatic heterocycles. The molecule has 1 aromatic carbocycles. The van der Waals surface area contributed by atoms with Crippen molar-refractivity contribution in [3.8, 4) is 0 Å². The third kappa shape index (κ3) is 4.75. The molecule has 0 aliphatic carbocycles. The van der Waals surface area contributed by atoms with Gasteiger partial charge in [0.05, 0.1) is 6.61 Å². The SMILES string of the molecule is CCN(CCO)C(=O)NCC1CCN(c2cc(Cl)ccc2C)C1. The number of likely N-dealkylation sites (N-methyl/N-ethyl adjacent to an activating group) is 1. The first-order valence-electron chi connectivity index (χ1n) is 8.19. The highest BCUT2D eigenvalue weighted by atomic mass is 35.5. The molecule has 1 unspecified atom stereocenters. The number of carbonyl (C=O) groups excluding carboxylic acids is 1. The van der Waals surface area contributed by atoms with Crippen LogP contribution in [-0.2, 0) is 0 Å². The number of aryl methyl sites for hydroxylation is 1. The highest BCUT2D eigenvalue weighted by Crippen LogP contribution is 2.29. The van der Waals surface area contributed by atoms with Gasteiger partial charge in [-0.05, 0) is 43.9 Å². The number of carbonyl (C=O) groups is 1. The number of rotatable bonds is 6. The second-order valence-electron chi connectivity index (χ2n) is 6.02. The number of urea groups is 1. The smallest absolute Gasteiger partial charge is 0.317 e. The molecule has 1 fully saturated rings. The van der Waals surface area contributed by atoms with E-state index in [1.807, 2.05) is 25.1 Å². The van der Waals surface area contributed by atoms with Gasteiger partial charge in [-0.3, -0.25) is 0 Å². The monoisotopic (exact) mass is 339 g/mol. The molecular formula is C17H26ClN3O2. The minimum Gasteiger partial charge on any atom is -0.395 e. The van der Waals surface area contributed by atoms with Crippen LogP contribution in [0.15, 0.2) is 18.2 Å². The number of aliphatic hydroxyl groups excluding tert-OH is 1. The van der Waals surface area contributed by atoms with E-state index in [1.54, 1.807) is 4.90 Å². The van der Waals surface area contributed by atoms with Crippen molar-refractivity contribution in [1.82, 2.24) is 10.2 Å².